The largest absolute Gasteiger partial charge is 0.380 e. The van der Waals surface area contributed by atoms with Gasteiger partial charge in [-0.2, -0.15) is 0 Å². The first-order valence-corrected chi connectivity index (χ1v) is 7.29. The van der Waals surface area contributed by atoms with Gasteiger partial charge in [0.25, 0.3) is 0 Å². The van der Waals surface area contributed by atoms with Gasteiger partial charge in [-0.3, -0.25) is 4.90 Å². The van der Waals surface area contributed by atoms with Crippen molar-refractivity contribution in [3.8, 4) is 0 Å². The van der Waals surface area contributed by atoms with Crippen molar-refractivity contribution in [2.24, 2.45) is 5.73 Å². The van der Waals surface area contributed by atoms with Gasteiger partial charge in [0.15, 0.2) is 0 Å². The van der Waals surface area contributed by atoms with Crippen molar-refractivity contribution in [2.75, 3.05) is 32.8 Å². The van der Waals surface area contributed by atoms with E-state index < -0.39 is 0 Å². The zero-order valence-corrected chi connectivity index (χ0v) is 12.4. The molecular formula is C14H21BrN2O. The van der Waals surface area contributed by atoms with E-state index in [0.29, 0.717) is 6.54 Å². The van der Waals surface area contributed by atoms with Crippen LogP contribution in [0.15, 0.2) is 22.7 Å². The van der Waals surface area contributed by atoms with E-state index >= 15 is 0 Å². The Morgan fingerprint density at radius 1 is 1.39 bits per heavy atom. The highest BCUT2D eigenvalue weighted by molar-refractivity contribution is 9.10. The Morgan fingerprint density at radius 2 is 2.22 bits per heavy atom. The van der Waals surface area contributed by atoms with Crippen LogP contribution in [0.2, 0.25) is 0 Å². The van der Waals surface area contributed by atoms with Crippen molar-refractivity contribution in [1.82, 2.24) is 4.90 Å². The summed E-state index contributed by atoms with van der Waals surface area (Å²) in [5.41, 5.74) is 8.54. The quantitative estimate of drug-likeness (QED) is 0.932. The summed E-state index contributed by atoms with van der Waals surface area (Å²) in [4.78, 5) is 2.43. The highest BCUT2D eigenvalue weighted by atomic mass is 79.9. The van der Waals surface area contributed by atoms with Gasteiger partial charge in [0.05, 0.1) is 6.61 Å². The zero-order chi connectivity index (χ0) is 13.0. The molecule has 2 rings (SSSR count). The summed E-state index contributed by atoms with van der Waals surface area (Å²) in [5.74, 6) is 0. The standard InChI is InChI=1S/C14H21BrN2O/c1-11-3-4-12(13(15)9-11)14(10-16)17-5-2-7-18-8-6-17/h3-4,9,14H,2,5-8,10,16H2,1H3. The zero-order valence-electron chi connectivity index (χ0n) is 10.9. The van der Waals surface area contributed by atoms with Gasteiger partial charge < -0.3 is 10.5 Å². The monoisotopic (exact) mass is 312 g/mol. The van der Waals surface area contributed by atoms with E-state index in [2.05, 4.69) is 46.0 Å². The van der Waals surface area contributed by atoms with E-state index in [1.807, 2.05) is 0 Å². The van der Waals surface area contributed by atoms with Crippen LogP contribution in [-0.4, -0.2) is 37.7 Å². The molecule has 2 N–H and O–H groups in total. The minimum atomic E-state index is 0.279. The van der Waals surface area contributed by atoms with Crippen molar-refractivity contribution in [3.63, 3.8) is 0 Å². The van der Waals surface area contributed by atoms with Crippen LogP contribution >= 0.6 is 15.9 Å². The van der Waals surface area contributed by atoms with Crippen LogP contribution < -0.4 is 5.73 Å². The molecule has 0 bridgehead atoms. The first-order chi connectivity index (χ1) is 8.72. The van der Waals surface area contributed by atoms with Crippen molar-refractivity contribution < 1.29 is 4.74 Å². The first-order valence-electron chi connectivity index (χ1n) is 6.50. The molecule has 1 saturated heterocycles. The summed E-state index contributed by atoms with van der Waals surface area (Å²) in [6.07, 6.45) is 1.08. The van der Waals surface area contributed by atoms with Crippen LogP contribution in [0, 0.1) is 6.92 Å². The average Bonchev–Trinajstić information content (AvgIpc) is 2.62. The normalized spacial score (nSPS) is 19.5. The molecule has 1 aromatic carbocycles. The van der Waals surface area contributed by atoms with E-state index in [0.717, 1.165) is 37.2 Å². The van der Waals surface area contributed by atoms with Crippen LogP contribution in [-0.2, 0) is 4.74 Å². The Kier molecular flexibility index (Phi) is 5.18. The van der Waals surface area contributed by atoms with E-state index in [1.165, 1.54) is 11.1 Å². The van der Waals surface area contributed by atoms with E-state index in [4.69, 9.17) is 10.5 Å². The molecular weight excluding hydrogens is 292 g/mol. The summed E-state index contributed by atoms with van der Waals surface area (Å²) in [6.45, 7) is 6.43. The summed E-state index contributed by atoms with van der Waals surface area (Å²) in [5, 5.41) is 0. The van der Waals surface area contributed by atoms with Gasteiger partial charge in [-0.05, 0) is 30.5 Å². The molecule has 100 valence electrons. The second-order valence-electron chi connectivity index (χ2n) is 4.78. The molecule has 0 aromatic heterocycles. The Labute approximate surface area is 117 Å². The predicted octanol–water partition coefficient (Wildman–Crippen LogP) is 2.48. The van der Waals surface area contributed by atoms with E-state index in [-0.39, 0.29) is 6.04 Å². The van der Waals surface area contributed by atoms with Crippen LogP contribution in [0.5, 0.6) is 0 Å². The molecule has 1 unspecified atom stereocenters. The molecule has 3 nitrogen and oxygen atoms in total. The van der Waals surface area contributed by atoms with Crippen molar-refractivity contribution >= 4 is 15.9 Å². The second-order valence-corrected chi connectivity index (χ2v) is 5.63. The van der Waals surface area contributed by atoms with Gasteiger partial charge in [0.2, 0.25) is 0 Å². The topological polar surface area (TPSA) is 38.5 Å². The van der Waals surface area contributed by atoms with Crippen LogP contribution in [0.1, 0.15) is 23.6 Å². The lowest BCUT2D eigenvalue weighted by molar-refractivity contribution is 0.132. The Morgan fingerprint density at radius 3 is 2.94 bits per heavy atom. The number of hydrogen-bond donors (Lipinski definition) is 1. The van der Waals surface area contributed by atoms with E-state index in [9.17, 15) is 0 Å². The third-order valence-corrected chi connectivity index (χ3v) is 4.12. The fourth-order valence-electron chi connectivity index (χ4n) is 2.45. The summed E-state index contributed by atoms with van der Waals surface area (Å²) < 4.78 is 6.67. The number of halogens is 1. The van der Waals surface area contributed by atoms with Crippen LogP contribution in [0.3, 0.4) is 0 Å². The second kappa shape index (κ2) is 6.66. The van der Waals surface area contributed by atoms with Crippen LogP contribution in [0.4, 0.5) is 0 Å². The molecule has 0 radical (unpaired) electrons. The highest BCUT2D eigenvalue weighted by Crippen LogP contribution is 2.28. The smallest absolute Gasteiger partial charge is 0.0593 e. The molecule has 0 amide bonds. The maximum Gasteiger partial charge on any atom is 0.0593 e. The van der Waals surface area contributed by atoms with Crippen molar-refractivity contribution in [2.45, 2.75) is 19.4 Å². The van der Waals surface area contributed by atoms with Gasteiger partial charge in [-0.1, -0.05) is 28.1 Å². The third-order valence-electron chi connectivity index (χ3n) is 3.44. The third kappa shape index (κ3) is 3.32. The maximum absolute atomic E-state index is 5.99. The lowest BCUT2D eigenvalue weighted by Crippen LogP contribution is -2.35. The molecule has 4 heteroatoms. The molecule has 1 heterocycles. The number of benzene rings is 1. The number of rotatable bonds is 3. The lowest BCUT2D eigenvalue weighted by atomic mass is 10.0. The fraction of sp³-hybridized carbons (Fsp3) is 0.571. The molecule has 1 aromatic rings. The summed E-state index contributed by atoms with van der Waals surface area (Å²) in [6, 6.07) is 6.77. The van der Waals surface area contributed by atoms with Gasteiger partial charge in [0.1, 0.15) is 0 Å². The molecule has 0 saturated carbocycles. The summed E-state index contributed by atoms with van der Waals surface area (Å²) in [7, 11) is 0. The fourth-order valence-corrected chi connectivity index (χ4v) is 3.21. The van der Waals surface area contributed by atoms with Gasteiger partial charge >= 0.3 is 0 Å². The minimum Gasteiger partial charge on any atom is -0.380 e. The van der Waals surface area contributed by atoms with Crippen molar-refractivity contribution in [3.05, 3.63) is 33.8 Å². The average molecular weight is 313 g/mol. The SMILES string of the molecule is Cc1ccc(C(CN)N2CCCOCC2)c(Br)c1. The molecule has 1 aliphatic rings. The Balaban J connectivity index is 2.20. The molecule has 18 heavy (non-hydrogen) atoms. The van der Waals surface area contributed by atoms with Crippen LogP contribution in [0.25, 0.3) is 0 Å². The number of nitrogens with zero attached hydrogens (tertiary/aromatic N) is 1. The molecule has 0 spiro atoms. The number of aryl methyl sites for hydroxylation is 1. The Bertz CT molecular complexity index is 389. The number of hydrogen-bond acceptors (Lipinski definition) is 3. The van der Waals surface area contributed by atoms with Gasteiger partial charge in [-0.25, -0.2) is 0 Å². The molecule has 1 atom stereocenters. The van der Waals surface area contributed by atoms with Gasteiger partial charge in [-0.15, -0.1) is 0 Å². The first kappa shape index (κ1) is 14.0. The molecule has 1 fully saturated rings. The maximum atomic E-state index is 5.99. The lowest BCUT2D eigenvalue weighted by Gasteiger charge is -2.30. The van der Waals surface area contributed by atoms with Gasteiger partial charge in [0, 0.05) is 36.8 Å². The molecule has 0 aliphatic carbocycles. The van der Waals surface area contributed by atoms with E-state index in [1.54, 1.807) is 0 Å². The Hall–Kier alpha value is -0.420. The number of nitrogens with two attached hydrogens (primary N) is 1. The van der Waals surface area contributed by atoms with Crippen molar-refractivity contribution in [1.29, 1.82) is 0 Å². The minimum absolute atomic E-state index is 0.279. The predicted molar refractivity (Wildman–Crippen MR) is 77.7 cm³/mol. The summed E-state index contributed by atoms with van der Waals surface area (Å²) >= 11 is 3.66. The number of ether oxygens (including phenoxy) is 1. The highest BCUT2D eigenvalue weighted by Gasteiger charge is 2.22. The molecule has 1 aliphatic heterocycles.